The molecule has 3 N–H and O–H groups in total. The number of aryl methyl sites for hydroxylation is 1. The van der Waals surface area contributed by atoms with E-state index in [0.29, 0.717) is 23.7 Å². The molecule has 106 valence electrons. The summed E-state index contributed by atoms with van der Waals surface area (Å²) in [5.74, 6) is 0.148. The number of likely N-dealkylation sites (tertiary alicyclic amines) is 1. The van der Waals surface area contributed by atoms with Gasteiger partial charge in [-0.25, -0.2) is 4.98 Å². The molecule has 1 aliphatic rings. The highest BCUT2D eigenvalue weighted by molar-refractivity contribution is 7.21. The van der Waals surface area contributed by atoms with E-state index in [4.69, 9.17) is 5.73 Å². The number of aliphatic hydroxyl groups is 1. The number of aromatic nitrogens is 1. The summed E-state index contributed by atoms with van der Waals surface area (Å²) in [6, 6.07) is 1.90. The summed E-state index contributed by atoms with van der Waals surface area (Å²) in [6.45, 7) is 3.39. The van der Waals surface area contributed by atoms with Crippen molar-refractivity contribution in [3.8, 4) is 0 Å². The number of nitrogens with zero attached hydrogens (tertiary/aromatic N) is 2. The van der Waals surface area contributed by atoms with Crippen LogP contribution in [0, 0.1) is 12.8 Å². The van der Waals surface area contributed by atoms with Gasteiger partial charge in [-0.05, 0) is 25.0 Å². The molecule has 3 heterocycles. The maximum Gasteiger partial charge on any atom is 0.266 e. The van der Waals surface area contributed by atoms with Crippen LogP contribution >= 0.6 is 11.3 Å². The number of fused-ring (bicyclic) bond motifs is 1. The van der Waals surface area contributed by atoms with Crippen LogP contribution in [0.3, 0.4) is 0 Å². The molecule has 1 amide bonds. The van der Waals surface area contributed by atoms with Crippen molar-refractivity contribution in [3.63, 3.8) is 0 Å². The number of hydrogen-bond donors (Lipinski definition) is 2. The number of carbonyl (C=O) groups excluding carboxylic acids is 1. The van der Waals surface area contributed by atoms with E-state index in [2.05, 4.69) is 4.98 Å². The number of thiophene rings is 1. The first kappa shape index (κ1) is 13.3. The molecule has 20 heavy (non-hydrogen) atoms. The molecule has 0 aromatic carbocycles. The highest BCUT2D eigenvalue weighted by atomic mass is 32.1. The Morgan fingerprint density at radius 2 is 2.45 bits per heavy atom. The smallest absolute Gasteiger partial charge is 0.266 e. The van der Waals surface area contributed by atoms with Crippen molar-refractivity contribution >= 4 is 33.1 Å². The van der Waals surface area contributed by atoms with E-state index in [1.807, 2.05) is 13.0 Å². The van der Waals surface area contributed by atoms with Crippen LogP contribution in [0.25, 0.3) is 10.2 Å². The Hall–Kier alpha value is -1.66. The zero-order valence-corrected chi connectivity index (χ0v) is 12.1. The van der Waals surface area contributed by atoms with Gasteiger partial charge in [0, 0.05) is 37.2 Å². The number of amides is 1. The van der Waals surface area contributed by atoms with Gasteiger partial charge in [0.05, 0.1) is 5.69 Å². The van der Waals surface area contributed by atoms with Crippen LogP contribution in [0.5, 0.6) is 0 Å². The number of anilines is 1. The van der Waals surface area contributed by atoms with Crippen molar-refractivity contribution in [2.75, 3.05) is 25.4 Å². The molecule has 0 aliphatic carbocycles. The van der Waals surface area contributed by atoms with Gasteiger partial charge in [0.15, 0.2) is 0 Å². The predicted molar refractivity (Wildman–Crippen MR) is 79.9 cm³/mol. The summed E-state index contributed by atoms with van der Waals surface area (Å²) < 4.78 is 0. The fraction of sp³-hybridized carbons (Fsp3) is 0.429. The zero-order valence-electron chi connectivity index (χ0n) is 11.3. The minimum absolute atomic E-state index is 0.0409. The topological polar surface area (TPSA) is 79.5 Å². The van der Waals surface area contributed by atoms with Gasteiger partial charge < -0.3 is 15.7 Å². The van der Waals surface area contributed by atoms with Crippen molar-refractivity contribution in [2.45, 2.75) is 13.3 Å². The van der Waals surface area contributed by atoms with Crippen molar-refractivity contribution in [3.05, 3.63) is 22.7 Å². The molecule has 0 spiro atoms. The average Bonchev–Trinajstić information content (AvgIpc) is 3.04. The van der Waals surface area contributed by atoms with Crippen molar-refractivity contribution in [2.24, 2.45) is 5.92 Å². The largest absolute Gasteiger partial charge is 0.397 e. The third-order valence-corrected chi connectivity index (χ3v) is 4.96. The molecule has 0 radical (unpaired) electrons. The van der Waals surface area contributed by atoms with Gasteiger partial charge in [-0.15, -0.1) is 11.3 Å². The normalized spacial score (nSPS) is 18.9. The number of carbonyl (C=O) groups is 1. The van der Waals surface area contributed by atoms with Crippen LogP contribution in [0.4, 0.5) is 5.69 Å². The Kier molecular flexibility index (Phi) is 3.35. The van der Waals surface area contributed by atoms with Gasteiger partial charge in [0.1, 0.15) is 9.71 Å². The third-order valence-electron chi connectivity index (χ3n) is 3.86. The standard InChI is InChI=1S/C14H17N3O2S/c1-8-2-4-16-13-10(8)11(15)12(20-13)14(19)17-5-3-9(6-17)7-18/h2,4,9,18H,3,5-7,15H2,1H3. The SMILES string of the molecule is Cc1ccnc2sc(C(=O)N3CCC(CO)C3)c(N)c12. The lowest BCUT2D eigenvalue weighted by atomic mass is 10.1. The number of nitrogens with two attached hydrogens (primary N) is 1. The Morgan fingerprint density at radius 3 is 3.10 bits per heavy atom. The van der Waals surface area contributed by atoms with Crippen LogP contribution in [0.2, 0.25) is 0 Å². The van der Waals surface area contributed by atoms with E-state index in [-0.39, 0.29) is 18.4 Å². The molecule has 2 aromatic heterocycles. The number of rotatable bonds is 2. The molecule has 0 saturated carbocycles. The number of hydrogen-bond acceptors (Lipinski definition) is 5. The van der Waals surface area contributed by atoms with Gasteiger partial charge in [0.25, 0.3) is 5.91 Å². The molecule has 1 atom stereocenters. The molecule has 3 rings (SSSR count). The summed E-state index contributed by atoms with van der Waals surface area (Å²) in [5, 5.41) is 10.1. The Labute approximate surface area is 121 Å². The third kappa shape index (κ3) is 2.05. The lowest BCUT2D eigenvalue weighted by Crippen LogP contribution is -2.29. The number of aliphatic hydroxyl groups excluding tert-OH is 1. The minimum Gasteiger partial charge on any atom is -0.397 e. The molecule has 6 heteroatoms. The highest BCUT2D eigenvalue weighted by Crippen LogP contribution is 2.35. The number of nitrogen functional groups attached to an aromatic ring is 1. The van der Waals surface area contributed by atoms with Gasteiger partial charge >= 0.3 is 0 Å². The van der Waals surface area contributed by atoms with Gasteiger partial charge in [0.2, 0.25) is 0 Å². The summed E-state index contributed by atoms with van der Waals surface area (Å²) in [5.41, 5.74) is 7.72. The van der Waals surface area contributed by atoms with Crippen LogP contribution in [-0.2, 0) is 0 Å². The molecule has 0 bridgehead atoms. The average molecular weight is 291 g/mol. The Bertz CT molecular complexity index is 668. The van der Waals surface area contributed by atoms with Crippen molar-refractivity contribution in [1.29, 1.82) is 0 Å². The summed E-state index contributed by atoms with van der Waals surface area (Å²) in [4.78, 5) is 20.0. The Morgan fingerprint density at radius 1 is 1.65 bits per heavy atom. The minimum atomic E-state index is -0.0409. The second kappa shape index (κ2) is 5.03. The van der Waals surface area contributed by atoms with Crippen LogP contribution in [0.1, 0.15) is 21.7 Å². The molecule has 1 aliphatic heterocycles. The lowest BCUT2D eigenvalue weighted by molar-refractivity contribution is 0.0787. The second-order valence-electron chi connectivity index (χ2n) is 5.24. The van der Waals surface area contributed by atoms with Crippen LogP contribution in [-0.4, -0.2) is 40.6 Å². The maximum absolute atomic E-state index is 12.6. The van der Waals surface area contributed by atoms with E-state index in [9.17, 15) is 9.90 Å². The quantitative estimate of drug-likeness (QED) is 0.881. The van der Waals surface area contributed by atoms with E-state index in [0.717, 1.165) is 22.2 Å². The summed E-state index contributed by atoms with van der Waals surface area (Å²) in [7, 11) is 0. The van der Waals surface area contributed by atoms with E-state index in [1.165, 1.54) is 11.3 Å². The first-order chi connectivity index (χ1) is 9.61. The zero-order chi connectivity index (χ0) is 14.3. The second-order valence-corrected chi connectivity index (χ2v) is 6.24. The summed E-state index contributed by atoms with van der Waals surface area (Å²) >= 11 is 1.35. The molecule has 2 aromatic rings. The molecule has 1 saturated heterocycles. The first-order valence-electron chi connectivity index (χ1n) is 6.65. The molecule has 1 unspecified atom stereocenters. The fourth-order valence-electron chi connectivity index (χ4n) is 2.67. The molecular formula is C14H17N3O2S. The molecule has 1 fully saturated rings. The molecular weight excluding hydrogens is 274 g/mol. The predicted octanol–water partition coefficient (Wildman–Crippen LogP) is 1.64. The highest BCUT2D eigenvalue weighted by Gasteiger charge is 2.29. The number of pyridine rings is 1. The molecule has 5 nitrogen and oxygen atoms in total. The van der Waals surface area contributed by atoms with Crippen LogP contribution in [0.15, 0.2) is 12.3 Å². The van der Waals surface area contributed by atoms with E-state index < -0.39 is 0 Å². The maximum atomic E-state index is 12.6. The fourth-order valence-corrected chi connectivity index (χ4v) is 3.78. The van der Waals surface area contributed by atoms with Gasteiger partial charge in [-0.2, -0.15) is 0 Å². The summed E-state index contributed by atoms with van der Waals surface area (Å²) in [6.07, 6.45) is 2.59. The van der Waals surface area contributed by atoms with Crippen LogP contribution < -0.4 is 5.73 Å². The van der Waals surface area contributed by atoms with Gasteiger partial charge in [-0.3, -0.25) is 4.79 Å². The van der Waals surface area contributed by atoms with Crippen molar-refractivity contribution < 1.29 is 9.90 Å². The van der Waals surface area contributed by atoms with Crippen molar-refractivity contribution in [1.82, 2.24) is 9.88 Å². The lowest BCUT2D eigenvalue weighted by Gasteiger charge is -2.15. The van der Waals surface area contributed by atoms with Gasteiger partial charge in [-0.1, -0.05) is 0 Å². The van der Waals surface area contributed by atoms with E-state index >= 15 is 0 Å². The Balaban J connectivity index is 1.96. The monoisotopic (exact) mass is 291 g/mol. The first-order valence-corrected chi connectivity index (χ1v) is 7.47. The van der Waals surface area contributed by atoms with E-state index in [1.54, 1.807) is 11.1 Å².